The first-order chi connectivity index (χ1) is 9.60. The zero-order valence-electron chi connectivity index (χ0n) is 11.5. The third-order valence-electron chi connectivity index (χ3n) is 3.38. The highest BCUT2D eigenvalue weighted by Crippen LogP contribution is 2.22. The molecule has 0 atom stereocenters. The number of nitrogen functional groups attached to an aromatic ring is 1. The molecule has 0 aliphatic heterocycles. The SMILES string of the molecule is CCn1nc(C)c2nc(N)n(Cc3ccc(Cl)cc3)c21. The Labute approximate surface area is 122 Å². The highest BCUT2D eigenvalue weighted by Gasteiger charge is 2.16. The van der Waals surface area contributed by atoms with Crippen molar-refractivity contribution >= 4 is 28.7 Å². The van der Waals surface area contributed by atoms with Crippen LogP contribution in [0.25, 0.3) is 11.2 Å². The Morgan fingerprint density at radius 1 is 1.25 bits per heavy atom. The lowest BCUT2D eigenvalue weighted by atomic mass is 10.2. The number of nitrogens with two attached hydrogens (primary N) is 1. The monoisotopic (exact) mass is 289 g/mol. The van der Waals surface area contributed by atoms with E-state index in [9.17, 15) is 0 Å². The summed E-state index contributed by atoms with van der Waals surface area (Å²) in [5.41, 5.74) is 9.93. The second-order valence-corrected chi connectivity index (χ2v) is 5.19. The Hall–Kier alpha value is -2.01. The van der Waals surface area contributed by atoms with Gasteiger partial charge in [-0.1, -0.05) is 23.7 Å². The minimum absolute atomic E-state index is 0.512. The van der Waals surface area contributed by atoms with E-state index in [0.29, 0.717) is 12.5 Å². The molecule has 3 aromatic rings. The molecule has 2 N–H and O–H groups in total. The zero-order valence-corrected chi connectivity index (χ0v) is 12.2. The maximum atomic E-state index is 6.05. The Kier molecular flexibility index (Phi) is 3.14. The summed E-state index contributed by atoms with van der Waals surface area (Å²) in [7, 11) is 0. The van der Waals surface area contributed by atoms with E-state index in [0.717, 1.165) is 34.0 Å². The van der Waals surface area contributed by atoms with Crippen LogP contribution in [0, 0.1) is 6.92 Å². The van der Waals surface area contributed by atoms with Gasteiger partial charge in [0.05, 0.1) is 12.2 Å². The fraction of sp³-hybridized carbons (Fsp3) is 0.286. The molecule has 0 spiro atoms. The summed E-state index contributed by atoms with van der Waals surface area (Å²) in [5, 5.41) is 5.21. The predicted octanol–water partition coefficient (Wildman–Crippen LogP) is 2.85. The van der Waals surface area contributed by atoms with Crippen molar-refractivity contribution < 1.29 is 0 Å². The first kappa shape index (κ1) is 13.0. The molecule has 2 heterocycles. The molecule has 1 aromatic carbocycles. The lowest BCUT2D eigenvalue weighted by Crippen LogP contribution is -2.09. The number of hydrogen-bond donors (Lipinski definition) is 1. The molecule has 0 saturated carbocycles. The topological polar surface area (TPSA) is 61.7 Å². The quantitative estimate of drug-likeness (QED) is 0.806. The summed E-state index contributed by atoms with van der Waals surface area (Å²) < 4.78 is 3.92. The molecule has 0 bridgehead atoms. The van der Waals surface area contributed by atoms with Crippen molar-refractivity contribution in [2.45, 2.75) is 26.9 Å². The highest BCUT2D eigenvalue weighted by atomic mass is 35.5. The summed E-state index contributed by atoms with van der Waals surface area (Å²) in [4.78, 5) is 4.43. The first-order valence-corrected chi connectivity index (χ1v) is 6.91. The smallest absolute Gasteiger partial charge is 0.202 e. The van der Waals surface area contributed by atoms with Gasteiger partial charge in [0, 0.05) is 11.6 Å². The number of benzene rings is 1. The average Bonchev–Trinajstić information content (AvgIpc) is 2.91. The van der Waals surface area contributed by atoms with Crippen LogP contribution in [0.1, 0.15) is 18.2 Å². The van der Waals surface area contributed by atoms with Gasteiger partial charge < -0.3 is 5.73 Å². The Morgan fingerprint density at radius 2 is 1.95 bits per heavy atom. The lowest BCUT2D eigenvalue weighted by molar-refractivity contribution is 0.648. The fourth-order valence-electron chi connectivity index (χ4n) is 2.39. The van der Waals surface area contributed by atoms with Gasteiger partial charge in [-0.3, -0.25) is 4.57 Å². The zero-order chi connectivity index (χ0) is 14.3. The molecule has 3 rings (SSSR count). The summed E-state index contributed by atoms with van der Waals surface area (Å²) in [5.74, 6) is 0.512. The Balaban J connectivity index is 2.10. The maximum absolute atomic E-state index is 6.05. The van der Waals surface area contributed by atoms with Gasteiger partial charge in [-0.05, 0) is 31.5 Å². The third kappa shape index (κ3) is 2.04. The molecule has 0 aliphatic rings. The highest BCUT2D eigenvalue weighted by molar-refractivity contribution is 6.30. The summed E-state index contributed by atoms with van der Waals surface area (Å²) in [6.07, 6.45) is 0. The first-order valence-electron chi connectivity index (χ1n) is 6.53. The number of halogens is 1. The standard InChI is InChI=1S/C14H16ClN5/c1-3-20-13-12(9(2)18-20)17-14(16)19(13)8-10-4-6-11(15)7-5-10/h4-7H,3,8H2,1-2H3,(H2,16,17). The van der Waals surface area contributed by atoms with Crippen LogP contribution in [0.5, 0.6) is 0 Å². The van der Waals surface area contributed by atoms with Crippen LogP contribution in [0.2, 0.25) is 5.02 Å². The van der Waals surface area contributed by atoms with Crippen molar-refractivity contribution in [3.63, 3.8) is 0 Å². The molecule has 0 saturated heterocycles. The van der Waals surface area contributed by atoms with E-state index in [4.69, 9.17) is 17.3 Å². The maximum Gasteiger partial charge on any atom is 0.202 e. The van der Waals surface area contributed by atoms with Gasteiger partial charge in [0.1, 0.15) is 5.52 Å². The molecule has 104 valence electrons. The second-order valence-electron chi connectivity index (χ2n) is 4.76. The molecule has 0 unspecified atom stereocenters. The Morgan fingerprint density at radius 3 is 2.60 bits per heavy atom. The van der Waals surface area contributed by atoms with Crippen LogP contribution in [0.3, 0.4) is 0 Å². The van der Waals surface area contributed by atoms with E-state index in [2.05, 4.69) is 17.0 Å². The number of aromatic nitrogens is 4. The largest absolute Gasteiger partial charge is 0.369 e. The van der Waals surface area contributed by atoms with E-state index >= 15 is 0 Å². The van der Waals surface area contributed by atoms with Crippen molar-refractivity contribution in [1.82, 2.24) is 19.3 Å². The normalized spacial score (nSPS) is 11.3. The van der Waals surface area contributed by atoms with Crippen molar-refractivity contribution in [1.29, 1.82) is 0 Å². The molecule has 0 amide bonds. The molecule has 6 heteroatoms. The molecule has 5 nitrogen and oxygen atoms in total. The van der Waals surface area contributed by atoms with Crippen molar-refractivity contribution in [3.8, 4) is 0 Å². The van der Waals surface area contributed by atoms with Crippen LogP contribution >= 0.6 is 11.6 Å². The number of rotatable bonds is 3. The Bertz CT molecular complexity index is 754. The molecule has 20 heavy (non-hydrogen) atoms. The fourth-order valence-corrected chi connectivity index (χ4v) is 2.52. The average molecular weight is 290 g/mol. The van der Waals surface area contributed by atoms with Crippen LogP contribution in [-0.2, 0) is 13.1 Å². The van der Waals surface area contributed by atoms with Gasteiger partial charge in [0.2, 0.25) is 5.95 Å². The predicted molar refractivity (Wildman–Crippen MR) is 80.9 cm³/mol. The molecule has 2 aromatic heterocycles. The second kappa shape index (κ2) is 4.83. The van der Waals surface area contributed by atoms with Gasteiger partial charge in [-0.2, -0.15) is 5.10 Å². The van der Waals surface area contributed by atoms with E-state index in [1.54, 1.807) is 0 Å². The number of nitrogens with zero attached hydrogens (tertiary/aromatic N) is 4. The van der Waals surface area contributed by atoms with E-state index < -0.39 is 0 Å². The van der Waals surface area contributed by atoms with Crippen LogP contribution in [-0.4, -0.2) is 19.3 Å². The summed E-state index contributed by atoms with van der Waals surface area (Å²) in [6.45, 7) is 5.45. The van der Waals surface area contributed by atoms with Crippen LogP contribution in [0.15, 0.2) is 24.3 Å². The number of fused-ring (bicyclic) bond motifs is 1. The van der Waals surface area contributed by atoms with Gasteiger partial charge in [-0.15, -0.1) is 0 Å². The summed E-state index contributed by atoms with van der Waals surface area (Å²) in [6, 6.07) is 7.74. The minimum Gasteiger partial charge on any atom is -0.369 e. The van der Waals surface area contributed by atoms with E-state index in [1.165, 1.54) is 0 Å². The van der Waals surface area contributed by atoms with Crippen LogP contribution < -0.4 is 5.73 Å². The van der Waals surface area contributed by atoms with E-state index in [-0.39, 0.29) is 0 Å². The lowest BCUT2D eigenvalue weighted by Gasteiger charge is -2.08. The van der Waals surface area contributed by atoms with E-state index in [1.807, 2.05) is 40.4 Å². The van der Waals surface area contributed by atoms with Gasteiger partial charge >= 0.3 is 0 Å². The van der Waals surface area contributed by atoms with Crippen molar-refractivity contribution in [2.24, 2.45) is 0 Å². The molecule has 0 fully saturated rings. The number of hydrogen-bond acceptors (Lipinski definition) is 3. The van der Waals surface area contributed by atoms with Crippen LogP contribution in [0.4, 0.5) is 5.95 Å². The number of anilines is 1. The molecular formula is C14H16ClN5. The van der Waals surface area contributed by atoms with Gasteiger partial charge in [-0.25, -0.2) is 9.67 Å². The molecule has 0 aliphatic carbocycles. The number of aryl methyl sites for hydroxylation is 2. The summed E-state index contributed by atoms with van der Waals surface area (Å²) >= 11 is 5.91. The molecule has 0 radical (unpaired) electrons. The van der Waals surface area contributed by atoms with Crippen molar-refractivity contribution in [2.75, 3.05) is 5.73 Å². The molecular weight excluding hydrogens is 274 g/mol. The number of imidazole rings is 1. The van der Waals surface area contributed by atoms with Gasteiger partial charge in [0.25, 0.3) is 0 Å². The third-order valence-corrected chi connectivity index (χ3v) is 3.63. The van der Waals surface area contributed by atoms with Gasteiger partial charge in [0.15, 0.2) is 5.65 Å². The minimum atomic E-state index is 0.512. The van der Waals surface area contributed by atoms with Crippen molar-refractivity contribution in [3.05, 3.63) is 40.5 Å².